The molecule has 4 nitrogen and oxygen atoms in total. The van der Waals surface area contributed by atoms with Crippen LogP contribution >= 0.6 is 0 Å². The number of benzene rings is 1. The van der Waals surface area contributed by atoms with Crippen LogP contribution in [0.1, 0.15) is 0 Å². The fourth-order valence-electron chi connectivity index (χ4n) is 0.923. The molecule has 0 saturated heterocycles. The first-order chi connectivity index (χ1) is 6.63. The molecule has 0 radical (unpaired) electrons. The average molecular weight is 214 g/mol. The molecule has 14 heavy (non-hydrogen) atoms. The van der Waals surface area contributed by atoms with Crippen molar-refractivity contribution in [2.24, 2.45) is 0 Å². The summed E-state index contributed by atoms with van der Waals surface area (Å²) in [5, 5.41) is 8.43. The molecule has 0 aliphatic carbocycles. The van der Waals surface area contributed by atoms with E-state index in [-0.39, 0.29) is 5.75 Å². The van der Waals surface area contributed by atoms with Crippen LogP contribution in [0.15, 0.2) is 29.2 Å². The van der Waals surface area contributed by atoms with Crippen LogP contribution < -0.4 is 4.74 Å². The highest BCUT2D eigenvalue weighted by Crippen LogP contribution is 2.14. The van der Waals surface area contributed by atoms with Crippen molar-refractivity contribution >= 4 is 16.8 Å². The van der Waals surface area contributed by atoms with Crippen molar-refractivity contribution in [2.45, 2.75) is 4.90 Å². The Kier molecular flexibility index (Phi) is 3.64. The Bertz CT molecular complexity index is 344. The maximum absolute atomic E-state index is 11.3. The Morgan fingerprint density at radius 2 is 2.00 bits per heavy atom. The van der Waals surface area contributed by atoms with Gasteiger partial charge in [0.25, 0.3) is 0 Å². The van der Waals surface area contributed by atoms with Crippen LogP contribution in [0.5, 0.6) is 5.75 Å². The third-order valence-electron chi connectivity index (χ3n) is 1.58. The normalized spacial score (nSPS) is 12.1. The van der Waals surface area contributed by atoms with Crippen molar-refractivity contribution in [1.29, 1.82) is 0 Å². The molecule has 0 amide bonds. The van der Waals surface area contributed by atoms with Crippen molar-refractivity contribution < 1.29 is 18.8 Å². The molecule has 1 N–H and O–H groups in total. The smallest absolute Gasteiger partial charge is 0.316 e. The molecule has 5 heteroatoms. The van der Waals surface area contributed by atoms with E-state index in [4.69, 9.17) is 9.84 Å². The van der Waals surface area contributed by atoms with Gasteiger partial charge < -0.3 is 9.84 Å². The fourth-order valence-corrected chi connectivity index (χ4v) is 1.75. The van der Waals surface area contributed by atoms with Gasteiger partial charge in [0.15, 0.2) is 0 Å². The zero-order valence-corrected chi connectivity index (χ0v) is 8.41. The number of aliphatic carboxylic acids is 1. The molecule has 0 fully saturated rings. The summed E-state index contributed by atoms with van der Waals surface area (Å²) < 4.78 is 16.3. The van der Waals surface area contributed by atoms with Gasteiger partial charge in [0.1, 0.15) is 11.5 Å². The molecular weight excluding hydrogens is 204 g/mol. The maximum Gasteiger partial charge on any atom is 0.316 e. The Hall–Kier alpha value is -1.36. The third kappa shape index (κ3) is 2.85. The van der Waals surface area contributed by atoms with Crippen LogP contribution in [0.4, 0.5) is 0 Å². The first-order valence-corrected chi connectivity index (χ1v) is 5.19. The summed E-state index contributed by atoms with van der Waals surface area (Å²) in [6.07, 6.45) is 0. The minimum absolute atomic E-state index is 0.369. The molecule has 0 spiro atoms. The highest BCUT2D eigenvalue weighted by Gasteiger charge is 2.08. The number of carbonyl (C=O) groups is 1. The summed E-state index contributed by atoms with van der Waals surface area (Å²) in [4.78, 5) is 10.8. The lowest BCUT2D eigenvalue weighted by atomic mass is 10.3. The number of rotatable bonds is 4. The minimum atomic E-state index is -1.48. The zero-order valence-electron chi connectivity index (χ0n) is 7.60. The molecule has 0 aliphatic heterocycles. The lowest BCUT2D eigenvalue weighted by molar-refractivity contribution is -0.133. The molecule has 0 heterocycles. The van der Waals surface area contributed by atoms with E-state index in [0.29, 0.717) is 10.6 Å². The molecule has 1 aromatic carbocycles. The average Bonchev–Trinajstić information content (AvgIpc) is 2.17. The van der Waals surface area contributed by atoms with Crippen LogP contribution in [0.3, 0.4) is 0 Å². The first-order valence-electron chi connectivity index (χ1n) is 3.87. The van der Waals surface area contributed by atoms with E-state index in [1.54, 1.807) is 24.3 Å². The van der Waals surface area contributed by atoms with E-state index in [0.717, 1.165) is 0 Å². The summed E-state index contributed by atoms with van der Waals surface area (Å²) in [6.45, 7) is 0. The van der Waals surface area contributed by atoms with Crippen LogP contribution in [-0.2, 0) is 15.6 Å². The monoisotopic (exact) mass is 214 g/mol. The van der Waals surface area contributed by atoms with Gasteiger partial charge in [0.05, 0.1) is 17.9 Å². The number of ether oxygens (including phenoxy) is 1. The number of methoxy groups -OCH3 is 1. The summed E-state index contributed by atoms with van der Waals surface area (Å²) in [5.74, 6) is -0.785. The number of hydrogen-bond donors (Lipinski definition) is 1. The Labute approximate surface area is 84.0 Å². The Balaban J connectivity index is 2.76. The molecule has 1 aromatic rings. The van der Waals surface area contributed by atoms with Crippen LogP contribution in [-0.4, -0.2) is 28.1 Å². The van der Waals surface area contributed by atoms with Gasteiger partial charge in [-0.25, -0.2) is 0 Å². The van der Waals surface area contributed by atoms with Gasteiger partial charge in [-0.2, -0.15) is 0 Å². The summed E-state index contributed by atoms with van der Waals surface area (Å²) in [6, 6.07) is 6.49. The molecule has 0 bridgehead atoms. The SMILES string of the molecule is COc1ccc(S(=O)CC(=O)O)cc1. The number of hydrogen-bond acceptors (Lipinski definition) is 3. The van der Waals surface area contributed by atoms with Crippen molar-refractivity contribution in [3.63, 3.8) is 0 Å². The van der Waals surface area contributed by atoms with Gasteiger partial charge in [-0.3, -0.25) is 9.00 Å². The van der Waals surface area contributed by atoms with Crippen molar-refractivity contribution in [3.05, 3.63) is 24.3 Å². The molecule has 76 valence electrons. The largest absolute Gasteiger partial charge is 0.497 e. The molecule has 1 rings (SSSR count). The number of carboxylic acids is 1. The Morgan fingerprint density at radius 1 is 1.43 bits per heavy atom. The molecule has 0 aromatic heterocycles. The second kappa shape index (κ2) is 4.76. The molecule has 1 atom stereocenters. The van der Waals surface area contributed by atoms with Gasteiger partial charge in [0, 0.05) is 4.90 Å². The standard InChI is InChI=1S/C9H10O4S/c1-13-7-2-4-8(5-3-7)14(12)6-9(10)11/h2-5H,6H2,1H3,(H,10,11). The molecule has 0 aliphatic rings. The van der Waals surface area contributed by atoms with Gasteiger partial charge in [-0.15, -0.1) is 0 Å². The van der Waals surface area contributed by atoms with Gasteiger partial charge in [0.2, 0.25) is 0 Å². The zero-order chi connectivity index (χ0) is 10.6. The third-order valence-corrected chi connectivity index (χ3v) is 2.88. The minimum Gasteiger partial charge on any atom is -0.497 e. The van der Waals surface area contributed by atoms with Crippen molar-refractivity contribution in [2.75, 3.05) is 12.9 Å². The van der Waals surface area contributed by atoms with Gasteiger partial charge in [-0.05, 0) is 24.3 Å². The van der Waals surface area contributed by atoms with Gasteiger partial charge >= 0.3 is 5.97 Å². The Morgan fingerprint density at radius 3 is 2.43 bits per heavy atom. The quantitative estimate of drug-likeness (QED) is 0.808. The van der Waals surface area contributed by atoms with E-state index in [1.807, 2.05) is 0 Å². The van der Waals surface area contributed by atoms with Crippen LogP contribution in [0.25, 0.3) is 0 Å². The second-order valence-corrected chi connectivity index (χ2v) is 4.01. The predicted molar refractivity (Wildman–Crippen MR) is 51.9 cm³/mol. The lowest BCUT2D eigenvalue weighted by Crippen LogP contribution is -2.08. The van der Waals surface area contributed by atoms with E-state index in [1.165, 1.54) is 7.11 Å². The number of carboxylic acid groups (broad SMARTS) is 1. The summed E-state index contributed by atoms with van der Waals surface area (Å²) in [5.41, 5.74) is 0. The van der Waals surface area contributed by atoms with Crippen molar-refractivity contribution in [1.82, 2.24) is 0 Å². The van der Waals surface area contributed by atoms with E-state index < -0.39 is 16.8 Å². The molecular formula is C9H10O4S. The van der Waals surface area contributed by atoms with E-state index in [9.17, 15) is 9.00 Å². The first kappa shape index (κ1) is 10.7. The fraction of sp³-hybridized carbons (Fsp3) is 0.222. The predicted octanol–water partition coefficient (Wildman–Crippen LogP) is 0.887. The highest BCUT2D eigenvalue weighted by atomic mass is 32.2. The van der Waals surface area contributed by atoms with Crippen LogP contribution in [0, 0.1) is 0 Å². The second-order valence-electron chi connectivity index (χ2n) is 2.56. The topological polar surface area (TPSA) is 63.6 Å². The van der Waals surface area contributed by atoms with Crippen LogP contribution in [0.2, 0.25) is 0 Å². The van der Waals surface area contributed by atoms with E-state index in [2.05, 4.69) is 0 Å². The highest BCUT2D eigenvalue weighted by molar-refractivity contribution is 7.85. The maximum atomic E-state index is 11.3. The van der Waals surface area contributed by atoms with Gasteiger partial charge in [-0.1, -0.05) is 0 Å². The van der Waals surface area contributed by atoms with E-state index >= 15 is 0 Å². The molecule has 0 saturated carbocycles. The lowest BCUT2D eigenvalue weighted by Gasteiger charge is -2.01. The summed E-state index contributed by atoms with van der Waals surface area (Å²) in [7, 11) is 0.0521. The summed E-state index contributed by atoms with van der Waals surface area (Å²) >= 11 is 0. The van der Waals surface area contributed by atoms with Crippen molar-refractivity contribution in [3.8, 4) is 5.75 Å². The molecule has 1 unspecified atom stereocenters.